The van der Waals surface area contributed by atoms with Crippen molar-refractivity contribution in [2.24, 2.45) is 5.73 Å². The van der Waals surface area contributed by atoms with Crippen molar-refractivity contribution < 1.29 is 9.47 Å². The second kappa shape index (κ2) is 3.93. The van der Waals surface area contributed by atoms with Crippen LogP contribution < -0.4 is 5.73 Å². The van der Waals surface area contributed by atoms with Crippen LogP contribution in [0.4, 0.5) is 0 Å². The maximum atomic E-state index is 6.14. The van der Waals surface area contributed by atoms with Crippen molar-refractivity contribution in [3.05, 3.63) is 35.4 Å². The lowest BCUT2D eigenvalue weighted by molar-refractivity contribution is -0.106. The molecule has 1 aromatic carbocycles. The van der Waals surface area contributed by atoms with Gasteiger partial charge in [0, 0.05) is 25.3 Å². The van der Waals surface area contributed by atoms with Crippen molar-refractivity contribution in [2.75, 3.05) is 14.2 Å². The summed E-state index contributed by atoms with van der Waals surface area (Å²) in [5, 5.41) is 0. The van der Waals surface area contributed by atoms with Crippen molar-refractivity contribution in [2.45, 2.75) is 24.7 Å². The van der Waals surface area contributed by atoms with Crippen LogP contribution in [-0.4, -0.2) is 14.2 Å². The topological polar surface area (TPSA) is 44.5 Å². The highest BCUT2D eigenvalue weighted by Gasteiger charge is 2.40. The SMILES string of the molecule is COC(OC)c1cccc(C2(N)CC2)c1. The molecule has 0 aliphatic heterocycles. The van der Waals surface area contributed by atoms with E-state index in [-0.39, 0.29) is 11.8 Å². The molecule has 0 bridgehead atoms. The number of hydrogen-bond donors (Lipinski definition) is 1. The van der Waals surface area contributed by atoms with Crippen molar-refractivity contribution in [1.29, 1.82) is 0 Å². The monoisotopic (exact) mass is 207 g/mol. The zero-order chi connectivity index (χ0) is 10.9. The average molecular weight is 207 g/mol. The molecule has 3 nitrogen and oxygen atoms in total. The minimum atomic E-state index is -0.299. The van der Waals surface area contributed by atoms with E-state index in [1.165, 1.54) is 5.56 Å². The maximum Gasteiger partial charge on any atom is 0.183 e. The molecule has 1 aromatic rings. The molecule has 3 heteroatoms. The third kappa shape index (κ3) is 2.04. The van der Waals surface area contributed by atoms with Crippen LogP contribution in [0.5, 0.6) is 0 Å². The summed E-state index contributed by atoms with van der Waals surface area (Å²) in [5.41, 5.74) is 8.25. The molecule has 0 aromatic heterocycles. The fourth-order valence-electron chi connectivity index (χ4n) is 1.79. The Morgan fingerprint density at radius 2 is 1.93 bits per heavy atom. The highest BCUT2D eigenvalue weighted by Crippen LogP contribution is 2.43. The normalized spacial score (nSPS) is 18.1. The van der Waals surface area contributed by atoms with Gasteiger partial charge in [0.15, 0.2) is 6.29 Å². The van der Waals surface area contributed by atoms with Crippen LogP contribution in [-0.2, 0) is 15.0 Å². The average Bonchev–Trinajstić information content (AvgIpc) is 3.00. The summed E-state index contributed by atoms with van der Waals surface area (Å²) in [6.07, 6.45) is 1.84. The molecule has 1 aliphatic rings. The van der Waals surface area contributed by atoms with E-state index in [4.69, 9.17) is 15.2 Å². The molecule has 1 fully saturated rings. The quantitative estimate of drug-likeness (QED) is 0.767. The minimum Gasteiger partial charge on any atom is -0.352 e. The molecule has 0 radical (unpaired) electrons. The Morgan fingerprint density at radius 1 is 1.27 bits per heavy atom. The van der Waals surface area contributed by atoms with Crippen LogP contribution in [0.25, 0.3) is 0 Å². The van der Waals surface area contributed by atoms with Crippen LogP contribution in [0, 0.1) is 0 Å². The maximum absolute atomic E-state index is 6.14. The van der Waals surface area contributed by atoms with Crippen molar-refractivity contribution in [3.8, 4) is 0 Å². The fourth-order valence-corrected chi connectivity index (χ4v) is 1.79. The summed E-state index contributed by atoms with van der Waals surface area (Å²) >= 11 is 0. The zero-order valence-corrected chi connectivity index (χ0v) is 9.19. The minimum absolute atomic E-state index is 0.0952. The third-order valence-electron chi connectivity index (χ3n) is 2.95. The van der Waals surface area contributed by atoms with E-state index in [1.807, 2.05) is 12.1 Å². The first-order valence-electron chi connectivity index (χ1n) is 5.14. The molecule has 1 saturated carbocycles. The van der Waals surface area contributed by atoms with E-state index in [1.54, 1.807) is 14.2 Å². The standard InChI is InChI=1S/C12H17NO2/c1-14-11(15-2)9-4-3-5-10(8-9)12(13)6-7-12/h3-5,8,11H,6-7,13H2,1-2H3. The molecule has 0 amide bonds. The molecular weight excluding hydrogens is 190 g/mol. The number of benzene rings is 1. The van der Waals surface area contributed by atoms with Crippen LogP contribution >= 0.6 is 0 Å². The highest BCUT2D eigenvalue weighted by atomic mass is 16.7. The van der Waals surface area contributed by atoms with E-state index in [2.05, 4.69) is 12.1 Å². The smallest absolute Gasteiger partial charge is 0.183 e. The van der Waals surface area contributed by atoms with E-state index < -0.39 is 0 Å². The van der Waals surface area contributed by atoms with Gasteiger partial charge < -0.3 is 15.2 Å². The van der Waals surface area contributed by atoms with Gasteiger partial charge in [0.2, 0.25) is 0 Å². The lowest BCUT2D eigenvalue weighted by Crippen LogP contribution is -2.19. The van der Waals surface area contributed by atoms with Gasteiger partial charge in [-0.05, 0) is 24.5 Å². The van der Waals surface area contributed by atoms with Gasteiger partial charge >= 0.3 is 0 Å². The summed E-state index contributed by atoms with van der Waals surface area (Å²) in [6, 6.07) is 8.14. The number of rotatable bonds is 4. The molecular formula is C12H17NO2. The van der Waals surface area contributed by atoms with Crippen LogP contribution in [0.15, 0.2) is 24.3 Å². The molecule has 2 N–H and O–H groups in total. The van der Waals surface area contributed by atoms with Crippen LogP contribution in [0.1, 0.15) is 30.3 Å². The largest absolute Gasteiger partial charge is 0.352 e. The summed E-state index contributed by atoms with van der Waals surface area (Å²) in [4.78, 5) is 0. The lowest BCUT2D eigenvalue weighted by atomic mass is 10.0. The van der Waals surface area contributed by atoms with Gasteiger partial charge in [-0.15, -0.1) is 0 Å². The highest BCUT2D eigenvalue weighted by molar-refractivity contribution is 5.33. The molecule has 15 heavy (non-hydrogen) atoms. The van der Waals surface area contributed by atoms with Gasteiger partial charge in [-0.1, -0.05) is 18.2 Å². The van der Waals surface area contributed by atoms with Crippen molar-refractivity contribution in [1.82, 2.24) is 0 Å². The first kappa shape index (κ1) is 10.6. The molecule has 0 atom stereocenters. The number of ether oxygens (including phenoxy) is 2. The Bertz CT molecular complexity index is 343. The zero-order valence-electron chi connectivity index (χ0n) is 9.19. The summed E-state index contributed by atoms with van der Waals surface area (Å²) in [6.45, 7) is 0. The fraction of sp³-hybridized carbons (Fsp3) is 0.500. The van der Waals surface area contributed by atoms with Gasteiger partial charge in [-0.2, -0.15) is 0 Å². The molecule has 0 saturated heterocycles. The second-order valence-electron chi connectivity index (χ2n) is 4.08. The van der Waals surface area contributed by atoms with E-state index in [9.17, 15) is 0 Å². The number of methoxy groups -OCH3 is 2. The summed E-state index contributed by atoms with van der Waals surface area (Å²) in [5.74, 6) is 0. The first-order valence-corrected chi connectivity index (χ1v) is 5.14. The van der Waals surface area contributed by atoms with Gasteiger partial charge in [0.1, 0.15) is 0 Å². The molecule has 0 unspecified atom stereocenters. The first-order chi connectivity index (χ1) is 7.19. The van der Waals surface area contributed by atoms with Crippen LogP contribution in [0.3, 0.4) is 0 Å². The van der Waals surface area contributed by atoms with Gasteiger partial charge in [0.05, 0.1) is 0 Å². The molecule has 82 valence electrons. The Morgan fingerprint density at radius 3 is 2.47 bits per heavy atom. The van der Waals surface area contributed by atoms with Gasteiger partial charge in [0.25, 0.3) is 0 Å². The van der Waals surface area contributed by atoms with Gasteiger partial charge in [-0.3, -0.25) is 0 Å². The van der Waals surface area contributed by atoms with E-state index in [0.717, 1.165) is 18.4 Å². The summed E-state index contributed by atoms with van der Waals surface area (Å²) in [7, 11) is 3.27. The van der Waals surface area contributed by atoms with E-state index >= 15 is 0 Å². The number of nitrogens with two attached hydrogens (primary N) is 1. The Hall–Kier alpha value is -0.900. The Balaban J connectivity index is 2.26. The van der Waals surface area contributed by atoms with Crippen molar-refractivity contribution >= 4 is 0 Å². The second-order valence-corrected chi connectivity index (χ2v) is 4.08. The molecule has 0 heterocycles. The summed E-state index contributed by atoms with van der Waals surface area (Å²) < 4.78 is 10.4. The molecule has 0 spiro atoms. The predicted octanol–water partition coefficient (Wildman–Crippen LogP) is 1.93. The Labute approximate surface area is 90.2 Å². The van der Waals surface area contributed by atoms with Crippen molar-refractivity contribution in [3.63, 3.8) is 0 Å². The molecule has 2 rings (SSSR count). The van der Waals surface area contributed by atoms with Crippen LogP contribution in [0.2, 0.25) is 0 Å². The Kier molecular flexibility index (Phi) is 2.78. The van der Waals surface area contributed by atoms with E-state index in [0.29, 0.717) is 0 Å². The third-order valence-corrected chi connectivity index (χ3v) is 2.95. The lowest BCUT2D eigenvalue weighted by Gasteiger charge is -2.16. The van der Waals surface area contributed by atoms with Gasteiger partial charge in [-0.25, -0.2) is 0 Å². The number of hydrogen-bond acceptors (Lipinski definition) is 3. The predicted molar refractivity (Wildman–Crippen MR) is 58.3 cm³/mol. The molecule has 1 aliphatic carbocycles.